The molecule has 2 aromatic carbocycles. The maximum absolute atomic E-state index is 13.9. The minimum atomic E-state index is -0.774. The van der Waals surface area contributed by atoms with Crippen LogP contribution in [-0.2, 0) is 19.1 Å². The lowest BCUT2D eigenvalue weighted by Crippen LogP contribution is -2.42. The van der Waals surface area contributed by atoms with E-state index >= 15 is 0 Å². The summed E-state index contributed by atoms with van der Waals surface area (Å²) in [6.07, 6.45) is 1.75. The van der Waals surface area contributed by atoms with E-state index in [9.17, 15) is 14.4 Å². The van der Waals surface area contributed by atoms with Crippen molar-refractivity contribution < 1.29 is 28.5 Å². The van der Waals surface area contributed by atoms with Gasteiger partial charge in [0.2, 0.25) is 0 Å². The number of hydrogen-bond donors (Lipinski definition) is 0. The molecular formula is C30H31N3O7S. The van der Waals surface area contributed by atoms with Crippen molar-refractivity contribution in [2.75, 3.05) is 46.6 Å². The van der Waals surface area contributed by atoms with Crippen LogP contribution in [0.4, 0.5) is 0 Å². The van der Waals surface area contributed by atoms with Gasteiger partial charge >= 0.3 is 5.97 Å². The topological polar surface area (TPSA) is 109 Å². The Morgan fingerprint density at radius 2 is 1.90 bits per heavy atom. The number of nitrogens with zero attached hydrogens (tertiary/aromatic N) is 3. The summed E-state index contributed by atoms with van der Waals surface area (Å²) in [7, 11) is 1.31. The number of carbonyl (C=O) groups is 2. The summed E-state index contributed by atoms with van der Waals surface area (Å²) in [6.45, 7) is 6.10. The molecule has 0 unspecified atom stereocenters. The second-order valence-electron chi connectivity index (χ2n) is 9.40. The van der Waals surface area contributed by atoms with E-state index in [1.807, 2.05) is 37.3 Å². The molecule has 1 atom stereocenters. The lowest BCUT2D eigenvalue weighted by Gasteiger charge is -2.26. The standard InChI is InChI=1S/C30H31N3O7S/c1-4-39-23-11-6-5-10-22(23)27-26(29(36)37-3)19(2)31-30-33(27)28(35)24(41-30)17-20-8-7-9-21(16-20)40-18-25(34)32-12-14-38-15-13-32/h5-11,16-17,27H,4,12-15,18H2,1-3H3/b24-17+/t27-/m0/s1. The van der Waals surface area contributed by atoms with Crippen LogP contribution < -0.4 is 24.4 Å². The van der Waals surface area contributed by atoms with E-state index in [2.05, 4.69) is 4.99 Å². The van der Waals surface area contributed by atoms with Gasteiger partial charge < -0.3 is 23.8 Å². The van der Waals surface area contributed by atoms with Crippen LogP contribution in [0.2, 0.25) is 0 Å². The molecule has 1 saturated heterocycles. The van der Waals surface area contributed by atoms with Crippen LogP contribution in [0.5, 0.6) is 11.5 Å². The summed E-state index contributed by atoms with van der Waals surface area (Å²) >= 11 is 1.23. The molecule has 5 rings (SSSR count). The number of morpholine rings is 1. The first-order chi connectivity index (χ1) is 19.9. The van der Waals surface area contributed by atoms with E-state index < -0.39 is 12.0 Å². The van der Waals surface area contributed by atoms with Crippen molar-refractivity contribution in [2.24, 2.45) is 4.99 Å². The largest absolute Gasteiger partial charge is 0.494 e. The first kappa shape index (κ1) is 28.3. The van der Waals surface area contributed by atoms with Gasteiger partial charge in [-0.2, -0.15) is 0 Å². The number of rotatable bonds is 8. The molecule has 0 bridgehead atoms. The first-order valence-electron chi connectivity index (χ1n) is 13.3. The molecule has 2 aliphatic heterocycles. The Morgan fingerprint density at radius 1 is 1.12 bits per heavy atom. The third-order valence-corrected chi connectivity index (χ3v) is 7.81. The molecule has 1 aromatic heterocycles. The predicted molar refractivity (Wildman–Crippen MR) is 153 cm³/mol. The first-order valence-corrected chi connectivity index (χ1v) is 14.1. The maximum Gasteiger partial charge on any atom is 0.338 e. The fourth-order valence-corrected chi connectivity index (χ4v) is 5.92. The number of hydrogen-bond acceptors (Lipinski definition) is 9. The van der Waals surface area contributed by atoms with E-state index in [4.69, 9.17) is 18.9 Å². The minimum Gasteiger partial charge on any atom is -0.494 e. The van der Waals surface area contributed by atoms with Crippen molar-refractivity contribution in [1.29, 1.82) is 0 Å². The fourth-order valence-electron chi connectivity index (χ4n) is 4.87. The molecule has 3 aromatic rings. The molecule has 0 spiro atoms. The second-order valence-corrected chi connectivity index (χ2v) is 10.4. The van der Waals surface area contributed by atoms with Gasteiger partial charge in [-0.1, -0.05) is 41.7 Å². The summed E-state index contributed by atoms with van der Waals surface area (Å²) < 4.78 is 24.0. The van der Waals surface area contributed by atoms with Crippen molar-refractivity contribution in [1.82, 2.24) is 9.47 Å². The molecular weight excluding hydrogens is 546 g/mol. The zero-order valence-corrected chi connectivity index (χ0v) is 23.9. The van der Waals surface area contributed by atoms with Gasteiger partial charge in [-0.25, -0.2) is 9.79 Å². The molecule has 0 N–H and O–H groups in total. The van der Waals surface area contributed by atoms with Crippen LogP contribution in [0, 0.1) is 0 Å². The predicted octanol–water partition coefficient (Wildman–Crippen LogP) is 2.04. The maximum atomic E-state index is 13.9. The Kier molecular flexibility index (Phi) is 8.65. The van der Waals surface area contributed by atoms with Gasteiger partial charge in [0, 0.05) is 18.7 Å². The Bertz CT molecular complexity index is 1670. The highest BCUT2D eigenvalue weighted by atomic mass is 32.1. The van der Waals surface area contributed by atoms with Crippen molar-refractivity contribution >= 4 is 29.3 Å². The van der Waals surface area contributed by atoms with E-state index in [1.54, 1.807) is 36.1 Å². The zero-order chi connectivity index (χ0) is 28.9. The normalized spacial score (nSPS) is 17.1. The number of amides is 1. The average molecular weight is 578 g/mol. The van der Waals surface area contributed by atoms with Crippen LogP contribution in [0.1, 0.15) is 31.0 Å². The molecule has 1 amide bonds. The highest BCUT2D eigenvalue weighted by Crippen LogP contribution is 2.35. The average Bonchev–Trinajstić information content (AvgIpc) is 3.29. The number of carbonyl (C=O) groups excluding carboxylic acids is 2. The highest BCUT2D eigenvalue weighted by molar-refractivity contribution is 7.07. The second kappa shape index (κ2) is 12.5. The Balaban J connectivity index is 1.51. The Hall–Kier alpha value is -4.22. The summed E-state index contributed by atoms with van der Waals surface area (Å²) in [5, 5.41) is 0. The monoisotopic (exact) mass is 577 g/mol. The highest BCUT2D eigenvalue weighted by Gasteiger charge is 2.34. The van der Waals surface area contributed by atoms with E-state index in [-0.39, 0.29) is 23.6 Å². The van der Waals surface area contributed by atoms with Crippen molar-refractivity contribution in [3.63, 3.8) is 0 Å². The van der Waals surface area contributed by atoms with Crippen LogP contribution in [0.3, 0.4) is 0 Å². The van der Waals surface area contributed by atoms with Gasteiger partial charge in [-0.05, 0) is 43.7 Å². The number of benzene rings is 2. The molecule has 11 heteroatoms. The summed E-state index contributed by atoms with van der Waals surface area (Å²) in [4.78, 5) is 46.1. The van der Waals surface area contributed by atoms with Crippen molar-refractivity contribution in [3.05, 3.63) is 90.6 Å². The molecule has 1 fully saturated rings. The number of para-hydroxylation sites is 1. The molecule has 41 heavy (non-hydrogen) atoms. The van der Waals surface area contributed by atoms with Gasteiger partial charge in [-0.15, -0.1) is 0 Å². The fraction of sp³-hybridized carbons (Fsp3) is 0.333. The van der Waals surface area contributed by atoms with Crippen LogP contribution in [0.15, 0.2) is 69.6 Å². The van der Waals surface area contributed by atoms with Gasteiger partial charge in [0.15, 0.2) is 11.4 Å². The number of fused-ring (bicyclic) bond motifs is 1. The summed E-state index contributed by atoms with van der Waals surface area (Å²) in [5.41, 5.74) is 1.84. The van der Waals surface area contributed by atoms with E-state index in [0.29, 0.717) is 65.0 Å². The lowest BCUT2D eigenvalue weighted by molar-refractivity contribution is -0.137. The quantitative estimate of drug-likeness (QED) is 0.377. The van der Waals surface area contributed by atoms with Crippen LogP contribution >= 0.6 is 11.3 Å². The molecule has 10 nitrogen and oxygen atoms in total. The van der Waals surface area contributed by atoms with Crippen molar-refractivity contribution in [3.8, 4) is 11.5 Å². The molecule has 0 saturated carbocycles. The van der Waals surface area contributed by atoms with Gasteiger partial charge in [0.25, 0.3) is 11.5 Å². The van der Waals surface area contributed by atoms with Crippen LogP contribution in [-0.4, -0.2) is 68.0 Å². The zero-order valence-electron chi connectivity index (χ0n) is 23.1. The number of methoxy groups -OCH3 is 1. The number of allylic oxidation sites excluding steroid dienone is 1. The number of thiazole rings is 1. The minimum absolute atomic E-state index is 0.0829. The van der Waals surface area contributed by atoms with Crippen LogP contribution in [0.25, 0.3) is 6.08 Å². The van der Waals surface area contributed by atoms with E-state index in [1.165, 1.54) is 23.0 Å². The lowest BCUT2D eigenvalue weighted by atomic mass is 9.95. The smallest absolute Gasteiger partial charge is 0.338 e. The molecule has 2 aliphatic rings. The molecule has 0 radical (unpaired) electrons. The van der Waals surface area contributed by atoms with E-state index in [0.717, 1.165) is 5.56 Å². The Labute approximate surface area is 240 Å². The van der Waals surface area contributed by atoms with Gasteiger partial charge in [-0.3, -0.25) is 14.2 Å². The van der Waals surface area contributed by atoms with Gasteiger partial charge in [0.05, 0.1) is 42.7 Å². The van der Waals surface area contributed by atoms with Crippen molar-refractivity contribution in [2.45, 2.75) is 19.9 Å². The third-order valence-electron chi connectivity index (χ3n) is 6.82. The molecule has 3 heterocycles. The Morgan fingerprint density at radius 3 is 2.66 bits per heavy atom. The molecule has 214 valence electrons. The summed E-state index contributed by atoms with van der Waals surface area (Å²) in [5.74, 6) is 0.423. The SMILES string of the molecule is CCOc1ccccc1[C@H]1C(C(=O)OC)=C(C)N=c2s/c(=C/c3cccc(OCC(=O)N4CCOCC4)c3)c(=O)n21. The number of ether oxygens (including phenoxy) is 4. The van der Waals surface area contributed by atoms with Gasteiger partial charge in [0.1, 0.15) is 17.5 Å². The number of esters is 1. The molecule has 0 aliphatic carbocycles. The summed E-state index contributed by atoms with van der Waals surface area (Å²) in [6, 6.07) is 13.8. The third kappa shape index (κ3) is 5.96. The number of aromatic nitrogens is 1.